The Morgan fingerprint density at radius 3 is 2.47 bits per heavy atom. The fourth-order valence-corrected chi connectivity index (χ4v) is 3.95. The summed E-state index contributed by atoms with van der Waals surface area (Å²) in [5.41, 5.74) is 2.80. The Morgan fingerprint density at radius 1 is 1.09 bits per heavy atom. The summed E-state index contributed by atoms with van der Waals surface area (Å²) in [6, 6.07) is 8.37. The van der Waals surface area contributed by atoms with E-state index in [1.165, 1.54) is 11.8 Å². The molecule has 2 heterocycles. The summed E-state index contributed by atoms with van der Waals surface area (Å²) in [5, 5.41) is 11.5. The molecular weight excluding hydrogens is 447 g/mol. The Kier molecular flexibility index (Phi) is 6.49. The predicted octanol–water partition coefficient (Wildman–Crippen LogP) is 1.97. The molecule has 2 aliphatic heterocycles. The number of rotatable bonds is 8. The summed E-state index contributed by atoms with van der Waals surface area (Å²) >= 11 is 0. The van der Waals surface area contributed by atoms with Crippen LogP contribution in [0.5, 0.6) is 11.5 Å². The molecule has 2 atom stereocenters. The molecule has 0 aliphatic carbocycles. The highest BCUT2D eigenvalue weighted by Gasteiger charge is 2.35. The first-order chi connectivity index (χ1) is 16.3. The zero-order chi connectivity index (χ0) is 24.4. The number of hydrogen-bond acceptors (Lipinski definition) is 6. The standard InChI is InChI=1S/C24H23FN2O7/c1-13(22(29)26-19(24(31)32)10-17(28)11-25)27-12-16-3-2-14(8-18(16)23(27)30)15-4-5-20-21(9-15)34-7-6-33-20/h2-5,8-9,13,19H,6-7,10-12H2,1H3,(H,26,29)(H,31,32). The SMILES string of the molecule is CC(C(=O)NC(CC(=O)CF)C(=O)O)N1Cc2ccc(-c3ccc4c(c3)OCCO4)cc2C1=O. The number of carboxylic acids is 1. The lowest BCUT2D eigenvalue weighted by Crippen LogP contribution is -2.51. The maximum absolute atomic E-state index is 13.1. The molecule has 4 rings (SSSR count). The third kappa shape index (κ3) is 4.57. The molecule has 0 fully saturated rings. The zero-order valence-electron chi connectivity index (χ0n) is 18.4. The molecule has 2 N–H and O–H groups in total. The van der Waals surface area contributed by atoms with E-state index >= 15 is 0 Å². The number of nitrogens with one attached hydrogen (secondary N) is 1. The number of carboxylic acid groups (broad SMARTS) is 1. The molecule has 9 nitrogen and oxygen atoms in total. The van der Waals surface area contributed by atoms with Gasteiger partial charge in [0.15, 0.2) is 17.3 Å². The molecule has 0 bridgehead atoms. The van der Waals surface area contributed by atoms with E-state index in [2.05, 4.69) is 5.32 Å². The Bertz CT molecular complexity index is 1170. The number of carbonyl (C=O) groups excluding carboxylic acids is 3. The molecule has 0 radical (unpaired) electrons. The van der Waals surface area contributed by atoms with E-state index in [0.717, 1.165) is 16.7 Å². The lowest BCUT2D eigenvalue weighted by Gasteiger charge is -2.25. The van der Waals surface area contributed by atoms with E-state index in [4.69, 9.17) is 9.47 Å². The number of halogens is 1. The lowest BCUT2D eigenvalue weighted by atomic mass is 10.00. The van der Waals surface area contributed by atoms with Gasteiger partial charge in [-0.1, -0.05) is 18.2 Å². The summed E-state index contributed by atoms with van der Waals surface area (Å²) < 4.78 is 23.6. The van der Waals surface area contributed by atoms with Crippen molar-refractivity contribution in [3.63, 3.8) is 0 Å². The lowest BCUT2D eigenvalue weighted by molar-refractivity contribution is -0.144. The number of fused-ring (bicyclic) bond motifs is 2. The van der Waals surface area contributed by atoms with Crippen molar-refractivity contribution in [2.24, 2.45) is 0 Å². The monoisotopic (exact) mass is 470 g/mol. The third-order valence-electron chi connectivity index (χ3n) is 5.86. The van der Waals surface area contributed by atoms with Gasteiger partial charge in [0.05, 0.1) is 0 Å². The average molecular weight is 470 g/mol. The number of Topliss-reactive ketones (excluding diaryl/α,β-unsaturated/α-hetero) is 1. The van der Waals surface area contributed by atoms with Crippen molar-refractivity contribution in [3.8, 4) is 22.6 Å². The van der Waals surface area contributed by atoms with Crippen molar-refractivity contribution in [3.05, 3.63) is 47.5 Å². The Hall–Kier alpha value is -3.95. The Labute approximate surface area is 194 Å². The van der Waals surface area contributed by atoms with E-state index in [0.29, 0.717) is 30.3 Å². The molecule has 2 amide bonds. The van der Waals surface area contributed by atoms with Crippen LogP contribution in [-0.2, 0) is 20.9 Å². The minimum Gasteiger partial charge on any atom is -0.486 e. The Balaban J connectivity index is 1.49. The molecule has 0 saturated heterocycles. The zero-order valence-corrected chi connectivity index (χ0v) is 18.4. The van der Waals surface area contributed by atoms with Crippen LogP contribution in [-0.4, -0.2) is 65.5 Å². The fourth-order valence-electron chi connectivity index (χ4n) is 3.95. The summed E-state index contributed by atoms with van der Waals surface area (Å²) in [6.45, 7) is 1.27. The van der Waals surface area contributed by atoms with Gasteiger partial charge < -0.3 is 24.8 Å². The van der Waals surface area contributed by atoms with Crippen LogP contribution in [0.25, 0.3) is 11.1 Å². The summed E-state index contributed by atoms with van der Waals surface area (Å²) in [6.07, 6.45) is -0.669. The normalized spacial score (nSPS) is 15.9. The number of amides is 2. The van der Waals surface area contributed by atoms with Gasteiger partial charge in [0.2, 0.25) is 5.91 Å². The smallest absolute Gasteiger partial charge is 0.326 e. The van der Waals surface area contributed by atoms with Crippen LogP contribution in [0.4, 0.5) is 4.39 Å². The van der Waals surface area contributed by atoms with E-state index in [9.17, 15) is 28.7 Å². The van der Waals surface area contributed by atoms with Gasteiger partial charge >= 0.3 is 5.97 Å². The van der Waals surface area contributed by atoms with E-state index in [1.54, 1.807) is 6.07 Å². The van der Waals surface area contributed by atoms with Crippen LogP contribution >= 0.6 is 0 Å². The van der Waals surface area contributed by atoms with Crippen molar-refractivity contribution in [2.45, 2.75) is 32.0 Å². The first-order valence-electron chi connectivity index (χ1n) is 10.7. The van der Waals surface area contributed by atoms with Gasteiger partial charge in [0.1, 0.15) is 32.0 Å². The second-order valence-corrected chi connectivity index (χ2v) is 8.12. The van der Waals surface area contributed by atoms with Gasteiger partial charge in [0.25, 0.3) is 5.91 Å². The number of ether oxygens (including phenoxy) is 2. The molecule has 2 unspecified atom stereocenters. The van der Waals surface area contributed by atoms with Crippen molar-refractivity contribution >= 4 is 23.6 Å². The molecule has 0 spiro atoms. The van der Waals surface area contributed by atoms with Gasteiger partial charge in [0, 0.05) is 18.5 Å². The maximum Gasteiger partial charge on any atom is 0.326 e. The fraction of sp³-hybridized carbons (Fsp3) is 0.333. The van der Waals surface area contributed by atoms with E-state index < -0.39 is 42.8 Å². The van der Waals surface area contributed by atoms with E-state index in [-0.39, 0.29) is 12.5 Å². The average Bonchev–Trinajstić information content (AvgIpc) is 3.18. The number of nitrogens with zero attached hydrogens (tertiary/aromatic N) is 1. The van der Waals surface area contributed by atoms with E-state index in [1.807, 2.05) is 30.3 Å². The number of aliphatic carboxylic acids is 1. The van der Waals surface area contributed by atoms with Crippen LogP contribution in [0.1, 0.15) is 29.3 Å². The summed E-state index contributed by atoms with van der Waals surface area (Å²) in [4.78, 5) is 49.7. The van der Waals surface area contributed by atoms with Crippen LogP contribution in [0.3, 0.4) is 0 Å². The molecule has 2 aromatic carbocycles. The molecule has 178 valence electrons. The van der Waals surface area contributed by atoms with Gasteiger partial charge in [-0.25, -0.2) is 9.18 Å². The van der Waals surface area contributed by atoms with Crippen molar-refractivity contribution in [1.82, 2.24) is 10.2 Å². The number of benzene rings is 2. The van der Waals surface area contributed by atoms with Crippen LogP contribution in [0.2, 0.25) is 0 Å². The van der Waals surface area contributed by atoms with Crippen LogP contribution < -0.4 is 14.8 Å². The summed E-state index contributed by atoms with van der Waals surface area (Å²) in [7, 11) is 0. The number of ketones is 1. The molecule has 0 aromatic heterocycles. The Morgan fingerprint density at radius 2 is 1.76 bits per heavy atom. The highest BCUT2D eigenvalue weighted by Crippen LogP contribution is 2.36. The van der Waals surface area contributed by atoms with Gasteiger partial charge in [-0.05, 0) is 41.8 Å². The largest absolute Gasteiger partial charge is 0.486 e. The molecule has 0 saturated carbocycles. The predicted molar refractivity (Wildman–Crippen MR) is 117 cm³/mol. The van der Waals surface area contributed by atoms with Crippen molar-refractivity contribution in [1.29, 1.82) is 0 Å². The number of carbonyl (C=O) groups is 4. The number of hydrogen-bond donors (Lipinski definition) is 2. The molecule has 10 heteroatoms. The molecule has 34 heavy (non-hydrogen) atoms. The maximum atomic E-state index is 13.1. The van der Waals surface area contributed by atoms with Crippen LogP contribution in [0.15, 0.2) is 36.4 Å². The summed E-state index contributed by atoms with van der Waals surface area (Å²) in [5.74, 6) is -2.22. The van der Waals surface area contributed by atoms with Crippen LogP contribution in [0, 0.1) is 0 Å². The number of alkyl halides is 1. The molecular formula is C24H23FN2O7. The molecule has 2 aliphatic rings. The third-order valence-corrected chi connectivity index (χ3v) is 5.86. The second kappa shape index (κ2) is 9.50. The first-order valence-corrected chi connectivity index (χ1v) is 10.7. The highest BCUT2D eigenvalue weighted by atomic mass is 19.1. The minimum absolute atomic E-state index is 0.172. The van der Waals surface area contributed by atoms with Crippen molar-refractivity contribution < 1.29 is 38.1 Å². The highest BCUT2D eigenvalue weighted by molar-refractivity contribution is 6.02. The van der Waals surface area contributed by atoms with Crippen molar-refractivity contribution in [2.75, 3.05) is 19.9 Å². The first kappa shape index (κ1) is 23.2. The molecule has 2 aromatic rings. The van der Waals surface area contributed by atoms with Gasteiger partial charge in [-0.3, -0.25) is 14.4 Å². The topological polar surface area (TPSA) is 122 Å². The minimum atomic E-state index is -1.57. The quantitative estimate of drug-likeness (QED) is 0.605. The van der Waals surface area contributed by atoms with Gasteiger partial charge in [-0.2, -0.15) is 0 Å². The second-order valence-electron chi connectivity index (χ2n) is 8.12. The van der Waals surface area contributed by atoms with Gasteiger partial charge in [-0.15, -0.1) is 0 Å².